The lowest BCUT2D eigenvalue weighted by Gasteiger charge is -2.25. The minimum absolute atomic E-state index is 0.334. The van der Waals surface area contributed by atoms with E-state index in [2.05, 4.69) is 0 Å². The highest BCUT2D eigenvalue weighted by Crippen LogP contribution is 2.14. The molecule has 3 atom stereocenters. The SMILES string of the molecule is Cc1ccc(N(N)C(=O)[C@@H](O)[C@@H](O)[C@H](O)CO)cc1. The summed E-state index contributed by atoms with van der Waals surface area (Å²) in [6, 6.07) is 6.62. The number of hydrogen-bond donors (Lipinski definition) is 5. The van der Waals surface area contributed by atoms with Crippen molar-refractivity contribution in [1.29, 1.82) is 0 Å². The number of anilines is 1. The fraction of sp³-hybridized carbons (Fsp3) is 0.417. The van der Waals surface area contributed by atoms with Gasteiger partial charge in [-0.1, -0.05) is 17.7 Å². The summed E-state index contributed by atoms with van der Waals surface area (Å²) >= 11 is 0. The molecule has 1 aromatic carbocycles. The topological polar surface area (TPSA) is 127 Å². The lowest BCUT2D eigenvalue weighted by molar-refractivity contribution is -0.139. The van der Waals surface area contributed by atoms with Gasteiger partial charge in [0, 0.05) is 0 Å². The molecule has 0 fully saturated rings. The van der Waals surface area contributed by atoms with Gasteiger partial charge < -0.3 is 20.4 Å². The number of hydrogen-bond acceptors (Lipinski definition) is 6. The van der Waals surface area contributed by atoms with E-state index in [1.54, 1.807) is 24.3 Å². The van der Waals surface area contributed by atoms with E-state index in [4.69, 9.17) is 16.1 Å². The summed E-state index contributed by atoms with van der Waals surface area (Å²) in [5.41, 5.74) is 1.31. The maximum Gasteiger partial charge on any atom is 0.272 e. The van der Waals surface area contributed by atoms with Gasteiger partial charge in [0.15, 0.2) is 6.10 Å². The van der Waals surface area contributed by atoms with Crippen LogP contribution in [0.15, 0.2) is 24.3 Å². The van der Waals surface area contributed by atoms with Gasteiger partial charge >= 0.3 is 0 Å². The molecule has 0 radical (unpaired) electrons. The van der Waals surface area contributed by atoms with Crippen LogP contribution >= 0.6 is 0 Å². The standard InChI is InChI=1S/C12H18N2O5/c1-7-2-4-8(5-3-7)14(13)12(19)11(18)10(17)9(16)6-15/h2-5,9-11,15-18H,6,13H2,1H3/t9-,10+,11+/m1/s1. The number of nitrogens with zero attached hydrogens (tertiary/aromatic N) is 1. The fourth-order valence-electron chi connectivity index (χ4n) is 1.44. The van der Waals surface area contributed by atoms with Crippen molar-refractivity contribution < 1.29 is 25.2 Å². The Kier molecular flexibility index (Phi) is 5.40. The number of carbonyl (C=O) groups is 1. The first-order chi connectivity index (χ1) is 8.88. The van der Waals surface area contributed by atoms with E-state index in [9.17, 15) is 15.0 Å². The first-order valence-corrected chi connectivity index (χ1v) is 5.69. The van der Waals surface area contributed by atoms with Crippen molar-refractivity contribution in [3.05, 3.63) is 29.8 Å². The first-order valence-electron chi connectivity index (χ1n) is 5.69. The number of benzene rings is 1. The maximum absolute atomic E-state index is 11.8. The van der Waals surface area contributed by atoms with Crippen molar-refractivity contribution >= 4 is 11.6 Å². The lowest BCUT2D eigenvalue weighted by Crippen LogP contribution is -2.52. The van der Waals surface area contributed by atoms with E-state index in [1.807, 2.05) is 6.92 Å². The third kappa shape index (κ3) is 3.72. The van der Waals surface area contributed by atoms with Crippen LogP contribution in [0.25, 0.3) is 0 Å². The van der Waals surface area contributed by atoms with E-state index >= 15 is 0 Å². The number of aliphatic hydroxyl groups is 4. The molecule has 6 N–H and O–H groups in total. The van der Waals surface area contributed by atoms with Crippen LogP contribution in [0.1, 0.15) is 5.56 Å². The smallest absolute Gasteiger partial charge is 0.272 e. The summed E-state index contributed by atoms with van der Waals surface area (Å²) < 4.78 is 0. The Morgan fingerprint density at radius 1 is 1.26 bits per heavy atom. The number of aryl methyl sites for hydroxylation is 1. The molecule has 1 rings (SSSR count). The number of carbonyl (C=O) groups excluding carboxylic acids is 1. The third-order valence-corrected chi connectivity index (χ3v) is 2.71. The predicted octanol–water partition coefficient (Wildman–Crippen LogP) is -1.72. The molecule has 0 saturated heterocycles. The lowest BCUT2D eigenvalue weighted by atomic mass is 10.1. The highest BCUT2D eigenvalue weighted by Gasteiger charge is 2.32. The molecule has 7 heteroatoms. The number of rotatable bonds is 5. The molecule has 0 spiro atoms. The average Bonchev–Trinajstić information content (AvgIpc) is 2.44. The Balaban J connectivity index is 2.79. The van der Waals surface area contributed by atoms with Crippen LogP contribution < -0.4 is 10.9 Å². The van der Waals surface area contributed by atoms with Gasteiger partial charge in [-0.05, 0) is 19.1 Å². The predicted molar refractivity (Wildman–Crippen MR) is 68.0 cm³/mol. The van der Waals surface area contributed by atoms with Crippen molar-refractivity contribution in [2.75, 3.05) is 11.6 Å². The summed E-state index contributed by atoms with van der Waals surface area (Å²) in [6.45, 7) is 1.09. The summed E-state index contributed by atoms with van der Waals surface area (Å²) in [4.78, 5) is 11.8. The molecule has 106 valence electrons. The van der Waals surface area contributed by atoms with E-state index in [-0.39, 0.29) is 0 Å². The Bertz CT molecular complexity index is 423. The van der Waals surface area contributed by atoms with Gasteiger partial charge in [0.1, 0.15) is 12.2 Å². The van der Waals surface area contributed by atoms with Crippen LogP contribution in [-0.2, 0) is 4.79 Å². The number of nitrogens with two attached hydrogens (primary N) is 1. The van der Waals surface area contributed by atoms with Gasteiger partial charge in [0.2, 0.25) is 0 Å². The zero-order chi connectivity index (χ0) is 14.6. The molecule has 1 aromatic rings. The zero-order valence-electron chi connectivity index (χ0n) is 10.5. The molecule has 0 bridgehead atoms. The van der Waals surface area contributed by atoms with Crippen molar-refractivity contribution in [1.82, 2.24) is 0 Å². The van der Waals surface area contributed by atoms with Crippen molar-refractivity contribution in [3.63, 3.8) is 0 Å². The van der Waals surface area contributed by atoms with E-state index in [0.29, 0.717) is 10.7 Å². The molecule has 7 nitrogen and oxygen atoms in total. The fourth-order valence-corrected chi connectivity index (χ4v) is 1.44. The normalized spacial score (nSPS) is 15.7. The van der Waals surface area contributed by atoms with Crippen LogP contribution in [0.2, 0.25) is 0 Å². The summed E-state index contributed by atoms with van der Waals surface area (Å²) in [5.74, 6) is 4.55. The molecule has 0 aliphatic carbocycles. The zero-order valence-corrected chi connectivity index (χ0v) is 10.5. The van der Waals surface area contributed by atoms with Crippen molar-refractivity contribution in [2.24, 2.45) is 5.84 Å². The number of hydrazine groups is 1. The van der Waals surface area contributed by atoms with Crippen LogP contribution in [0.4, 0.5) is 5.69 Å². The van der Waals surface area contributed by atoms with Crippen LogP contribution in [0.3, 0.4) is 0 Å². The monoisotopic (exact) mass is 270 g/mol. The van der Waals surface area contributed by atoms with Gasteiger partial charge in [-0.25, -0.2) is 10.9 Å². The maximum atomic E-state index is 11.8. The van der Waals surface area contributed by atoms with Crippen LogP contribution in [0.5, 0.6) is 0 Å². The molecule has 0 aromatic heterocycles. The summed E-state index contributed by atoms with van der Waals surface area (Å²) in [7, 11) is 0. The molecule has 0 saturated carbocycles. The highest BCUT2D eigenvalue weighted by atomic mass is 16.4. The molecular weight excluding hydrogens is 252 g/mol. The molecule has 0 heterocycles. The summed E-state index contributed by atoms with van der Waals surface area (Å²) in [5, 5.41) is 37.5. The van der Waals surface area contributed by atoms with Crippen LogP contribution in [0, 0.1) is 6.92 Å². The number of amides is 1. The van der Waals surface area contributed by atoms with E-state index in [1.165, 1.54) is 0 Å². The third-order valence-electron chi connectivity index (χ3n) is 2.71. The van der Waals surface area contributed by atoms with E-state index < -0.39 is 30.8 Å². The minimum atomic E-state index is -1.92. The highest BCUT2D eigenvalue weighted by molar-refractivity contribution is 5.95. The second-order valence-corrected chi connectivity index (χ2v) is 4.23. The molecular formula is C12H18N2O5. The average molecular weight is 270 g/mol. The molecule has 0 unspecified atom stereocenters. The van der Waals surface area contributed by atoms with Gasteiger partial charge in [-0.2, -0.15) is 0 Å². The second kappa shape index (κ2) is 6.60. The van der Waals surface area contributed by atoms with Crippen LogP contribution in [-0.4, -0.2) is 51.3 Å². The summed E-state index contributed by atoms with van der Waals surface area (Å²) in [6.07, 6.45) is -5.35. The minimum Gasteiger partial charge on any atom is -0.394 e. The Morgan fingerprint density at radius 2 is 1.79 bits per heavy atom. The Labute approximate surface area is 110 Å². The van der Waals surface area contributed by atoms with Gasteiger partial charge in [0.05, 0.1) is 12.3 Å². The first kappa shape index (κ1) is 15.5. The molecule has 0 aliphatic heterocycles. The quantitative estimate of drug-likeness (QED) is 0.246. The van der Waals surface area contributed by atoms with Gasteiger partial charge in [-0.3, -0.25) is 4.79 Å². The second-order valence-electron chi connectivity index (χ2n) is 4.23. The molecule has 0 aliphatic rings. The van der Waals surface area contributed by atoms with Gasteiger partial charge in [-0.15, -0.1) is 0 Å². The van der Waals surface area contributed by atoms with Crippen molar-refractivity contribution in [2.45, 2.75) is 25.2 Å². The number of aliphatic hydroxyl groups excluding tert-OH is 4. The Morgan fingerprint density at radius 3 is 2.26 bits per heavy atom. The van der Waals surface area contributed by atoms with E-state index in [0.717, 1.165) is 5.56 Å². The Hall–Kier alpha value is -1.51. The van der Waals surface area contributed by atoms with Crippen molar-refractivity contribution in [3.8, 4) is 0 Å². The van der Waals surface area contributed by atoms with Gasteiger partial charge in [0.25, 0.3) is 5.91 Å². The largest absolute Gasteiger partial charge is 0.394 e. The molecule has 1 amide bonds. The molecule has 19 heavy (non-hydrogen) atoms.